The average molecular weight is 390 g/mol. The molecule has 0 unspecified atom stereocenters. The highest BCUT2D eigenvalue weighted by Gasteiger charge is 2.15. The molecule has 1 fully saturated rings. The Morgan fingerprint density at radius 1 is 0.862 bits per heavy atom. The Hall–Kier alpha value is -3.12. The van der Waals surface area contributed by atoms with Crippen LogP contribution in [0.2, 0.25) is 0 Å². The number of nitrogens with zero attached hydrogens (tertiary/aromatic N) is 3. The summed E-state index contributed by atoms with van der Waals surface area (Å²) in [6, 6.07) is 16.5. The first-order valence-corrected chi connectivity index (χ1v) is 9.97. The minimum Gasteiger partial charge on any atom is -0.378 e. The summed E-state index contributed by atoms with van der Waals surface area (Å²) < 4.78 is 5.49. The van der Waals surface area contributed by atoms with Gasteiger partial charge in [0.2, 0.25) is 5.95 Å². The van der Waals surface area contributed by atoms with E-state index in [2.05, 4.69) is 75.7 Å². The van der Waals surface area contributed by atoms with Crippen molar-refractivity contribution in [3.8, 4) is 0 Å². The third-order valence-electron chi connectivity index (χ3n) is 5.14. The number of aryl methyl sites for hydroxylation is 3. The normalized spacial score (nSPS) is 14.0. The van der Waals surface area contributed by atoms with Gasteiger partial charge in [0, 0.05) is 30.5 Å². The maximum atomic E-state index is 5.49. The number of hydrogen-bond donors (Lipinski definition) is 2. The summed E-state index contributed by atoms with van der Waals surface area (Å²) in [6.45, 7) is 9.48. The monoisotopic (exact) mass is 389 g/mol. The highest BCUT2D eigenvalue weighted by Crippen LogP contribution is 2.29. The van der Waals surface area contributed by atoms with Gasteiger partial charge < -0.3 is 20.3 Å². The molecule has 0 aliphatic carbocycles. The molecule has 1 aliphatic rings. The molecule has 1 aliphatic heterocycles. The van der Waals surface area contributed by atoms with Crippen LogP contribution in [0.25, 0.3) is 0 Å². The third kappa shape index (κ3) is 4.66. The summed E-state index contributed by atoms with van der Waals surface area (Å²) in [5.74, 6) is 1.35. The minimum atomic E-state index is 0.583. The molecular weight excluding hydrogens is 362 g/mol. The quantitative estimate of drug-likeness (QED) is 0.658. The lowest BCUT2D eigenvalue weighted by atomic mass is 10.1. The van der Waals surface area contributed by atoms with Crippen LogP contribution in [0.4, 0.5) is 28.8 Å². The number of rotatable bonds is 5. The zero-order chi connectivity index (χ0) is 20.2. The van der Waals surface area contributed by atoms with E-state index in [-0.39, 0.29) is 0 Å². The van der Waals surface area contributed by atoms with E-state index in [9.17, 15) is 0 Å². The Kier molecular flexibility index (Phi) is 5.62. The van der Waals surface area contributed by atoms with E-state index in [0.29, 0.717) is 5.95 Å². The number of para-hydroxylation sites is 2. The zero-order valence-electron chi connectivity index (χ0n) is 17.2. The fourth-order valence-corrected chi connectivity index (χ4v) is 3.43. The number of hydrogen-bond acceptors (Lipinski definition) is 6. The molecule has 6 heteroatoms. The lowest BCUT2D eigenvalue weighted by molar-refractivity contribution is 0.123. The summed E-state index contributed by atoms with van der Waals surface area (Å²) in [5.41, 5.74) is 6.58. The first kappa shape index (κ1) is 19.2. The van der Waals surface area contributed by atoms with Gasteiger partial charge in [-0.2, -0.15) is 4.98 Å². The molecule has 2 heterocycles. The maximum Gasteiger partial charge on any atom is 0.229 e. The molecule has 1 aromatic heterocycles. The second-order valence-electron chi connectivity index (χ2n) is 7.38. The van der Waals surface area contributed by atoms with Gasteiger partial charge in [-0.05, 0) is 56.2 Å². The van der Waals surface area contributed by atoms with Crippen LogP contribution in [0.3, 0.4) is 0 Å². The Bertz CT molecular complexity index is 998. The van der Waals surface area contributed by atoms with Crippen molar-refractivity contribution in [3.05, 3.63) is 65.4 Å². The van der Waals surface area contributed by atoms with Crippen molar-refractivity contribution >= 4 is 28.8 Å². The van der Waals surface area contributed by atoms with Crippen molar-refractivity contribution < 1.29 is 4.74 Å². The predicted molar refractivity (Wildman–Crippen MR) is 119 cm³/mol. The van der Waals surface area contributed by atoms with Gasteiger partial charge in [-0.3, -0.25) is 0 Å². The van der Waals surface area contributed by atoms with Crippen molar-refractivity contribution in [2.45, 2.75) is 20.8 Å². The zero-order valence-corrected chi connectivity index (χ0v) is 17.2. The summed E-state index contributed by atoms with van der Waals surface area (Å²) >= 11 is 0. The van der Waals surface area contributed by atoms with E-state index >= 15 is 0 Å². The topological polar surface area (TPSA) is 62.3 Å². The van der Waals surface area contributed by atoms with Gasteiger partial charge in [0.25, 0.3) is 0 Å². The lowest BCUT2D eigenvalue weighted by Gasteiger charge is -2.30. The number of aromatic nitrogens is 2. The molecule has 29 heavy (non-hydrogen) atoms. The van der Waals surface area contributed by atoms with E-state index in [1.165, 1.54) is 11.1 Å². The molecule has 4 rings (SSSR count). The second kappa shape index (κ2) is 8.49. The maximum absolute atomic E-state index is 5.49. The fourth-order valence-electron chi connectivity index (χ4n) is 3.43. The second-order valence-corrected chi connectivity index (χ2v) is 7.38. The molecule has 0 saturated carbocycles. The van der Waals surface area contributed by atoms with Gasteiger partial charge in [-0.15, -0.1) is 0 Å². The van der Waals surface area contributed by atoms with Crippen LogP contribution in [0.1, 0.15) is 16.8 Å². The number of nitrogens with one attached hydrogen (secondary N) is 2. The number of ether oxygens (including phenoxy) is 1. The first-order chi connectivity index (χ1) is 14.1. The van der Waals surface area contributed by atoms with E-state index < -0.39 is 0 Å². The van der Waals surface area contributed by atoms with Crippen molar-refractivity contribution in [2.24, 2.45) is 0 Å². The molecule has 1 saturated heterocycles. The van der Waals surface area contributed by atoms with Gasteiger partial charge in [0.1, 0.15) is 5.82 Å². The van der Waals surface area contributed by atoms with Crippen molar-refractivity contribution in [2.75, 3.05) is 41.8 Å². The van der Waals surface area contributed by atoms with Crippen molar-refractivity contribution in [1.29, 1.82) is 0 Å². The van der Waals surface area contributed by atoms with E-state index in [1.807, 2.05) is 19.1 Å². The molecule has 2 aromatic carbocycles. The van der Waals surface area contributed by atoms with Gasteiger partial charge in [-0.1, -0.05) is 18.2 Å². The molecule has 6 nitrogen and oxygen atoms in total. The molecule has 0 bridgehead atoms. The van der Waals surface area contributed by atoms with Crippen LogP contribution in [0, 0.1) is 20.8 Å². The van der Waals surface area contributed by atoms with Gasteiger partial charge >= 0.3 is 0 Å². The summed E-state index contributed by atoms with van der Waals surface area (Å²) in [6.07, 6.45) is 0. The first-order valence-electron chi connectivity index (χ1n) is 9.97. The number of anilines is 5. The molecular formula is C23H27N5O. The van der Waals surface area contributed by atoms with E-state index in [1.54, 1.807) is 0 Å². The largest absolute Gasteiger partial charge is 0.378 e. The Morgan fingerprint density at radius 3 is 2.45 bits per heavy atom. The molecule has 0 spiro atoms. The number of morpholine rings is 1. The lowest BCUT2D eigenvalue weighted by Crippen LogP contribution is -2.36. The molecule has 3 aromatic rings. The van der Waals surface area contributed by atoms with Crippen LogP contribution >= 0.6 is 0 Å². The van der Waals surface area contributed by atoms with Crippen LogP contribution in [-0.4, -0.2) is 36.3 Å². The third-order valence-corrected chi connectivity index (χ3v) is 5.14. The highest BCUT2D eigenvalue weighted by molar-refractivity contribution is 5.74. The average Bonchev–Trinajstić information content (AvgIpc) is 2.71. The Morgan fingerprint density at radius 2 is 1.66 bits per heavy atom. The molecule has 0 amide bonds. The van der Waals surface area contributed by atoms with Crippen molar-refractivity contribution in [1.82, 2.24) is 9.97 Å². The fraction of sp³-hybridized carbons (Fsp3) is 0.304. The molecule has 0 atom stereocenters. The Labute approximate surface area is 172 Å². The van der Waals surface area contributed by atoms with E-state index in [4.69, 9.17) is 4.74 Å². The molecule has 0 radical (unpaired) electrons. The van der Waals surface area contributed by atoms with Crippen LogP contribution in [0.5, 0.6) is 0 Å². The smallest absolute Gasteiger partial charge is 0.229 e. The summed E-state index contributed by atoms with van der Waals surface area (Å²) in [4.78, 5) is 11.6. The SMILES string of the molecule is Cc1cc(Nc2ccccc2N2CCOCC2)nc(Nc2ccc(C)c(C)c2)n1. The summed E-state index contributed by atoms with van der Waals surface area (Å²) in [7, 11) is 0. The summed E-state index contributed by atoms with van der Waals surface area (Å²) in [5, 5.41) is 6.81. The van der Waals surface area contributed by atoms with Crippen LogP contribution in [0.15, 0.2) is 48.5 Å². The van der Waals surface area contributed by atoms with Crippen LogP contribution < -0.4 is 15.5 Å². The predicted octanol–water partition coefficient (Wildman–Crippen LogP) is 4.73. The molecule has 2 N–H and O–H groups in total. The molecule has 150 valence electrons. The van der Waals surface area contributed by atoms with Gasteiger partial charge in [-0.25, -0.2) is 4.98 Å². The van der Waals surface area contributed by atoms with Gasteiger partial charge in [0.05, 0.1) is 24.6 Å². The number of benzene rings is 2. The van der Waals surface area contributed by atoms with Crippen LogP contribution in [-0.2, 0) is 4.74 Å². The van der Waals surface area contributed by atoms with E-state index in [0.717, 1.165) is 54.9 Å². The minimum absolute atomic E-state index is 0.583. The Balaban J connectivity index is 1.57. The highest BCUT2D eigenvalue weighted by atomic mass is 16.5. The van der Waals surface area contributed by atoms with Crippen molar-refractivity contribution in [3.63, 3.8) is 0 Å². The standard InChI is InChI=1S/C23H27N5O/c1-16-8-9-19(14-17(16)2)25-23-24-18(3)15-22(27-23)26-20-6-4-5-7-21(20)28-10-12-29-13-11-28/h4-9,14-15H,10-13H2,1-3H3,(H2,24,25,26,27). The van der Waals surface area contributed by atoms with Gasteiger partial charge in [0.15, 0.2) is 0 Å².